The molecule has 1 unspecified atom stereocenters. The predicted molar refractivity (Wildman–Crippen MR) is 69.6 cm³/mol. The number of hydrogen-bond donors (Lipinski definition) is 3. The standard InChI is InChI=1S/C11H14Cl2N2O2/c1-2-3-9(14)11(17)15-6-4-7(12)10(16)8(13)5-6/h4-5,9,16H,2-3,14H2,1H3,(H,15,17). The molecule has 0 saturated carbocycles. The lowest BCUT2D eigenvalue weighted by Gasteiger charge is -2.12. The maximum Gasteiger partial charge on any atom is 0.241 e. The van der Waals surface area contributed by atoms with Crippen molar-refractivity contribution in [3.8, 4) is 5.75 Å². The van der Waals surface area contributed by atoms with Gasteiger partial charge in [0.1, 0.15) is 0 Å². The van der Waals surface area contributed by atoms with E-state index in [1.807, 2.05) is 6.92 Å². The minimum Gasteiger partial charge on any atom is -0.505 e. The first kappa shape index (κ1) is 14.1. The highest BCUT2D eigenvalue weighted by Gasteiger charge is 2.14. The van der Waals surface area contributed by atoms with Crippen LogP contribution in [0.2, 0.25) is 10.0 Å². The predicted octanol–water partition coefficient (Wildman–Crippen LogP) is 2.76. The summed E-state index contributed by atoms with van der Waals surface area (Å²) in [7, 11) is 0. The van der Waals surface area contributed by atoms with E-state index in [4.69, 9.17) is 28.9 Å². The zero-order valence-electron chi connectivity index (χ0n) is 9.34. The van der Waals surface area contributed by atoms with Gasteiger partial charge in [0.05, 0.1) is 16.1 Å². The minimum absolute atomic E-state index is 0.0804. The van der Waals surface area contributed by atoms with E-state index in [2.05, 4.69) is 5.32 Å². The fraction of sp³-hybridized carbons (Fsp3) is 0.364. The third-order valence-corrected chi connectivity index (χ3v) is 2.80. The number of rotatable bonds is 4. The zero-order chi connectivity index (χ0) is 13.0. The van der Waals surface area contributed by atoms with Crippen LogP contribution >= 0.6 is 23.2 Å². The summed E-state index contributed by atoms with van der Waals surface area (Å²) in [5.41, 5.74) is 6.07. The van der Waals surface area contributed by atoms with E-state index < -0.39 is 6.04 Å². The molecule has 0 aliphatic rings. The summed E-state index contributed by atoms with van der Waals surface area (Å²) in [6.45, 7) is 1.95. The number of benzene rings is 1. The first-order valence-corrected chi connectivity index (χ1v) is 5.95. The molecule has 0 aromatic heterocycles. The third-order valence-electron chi connectivity index (χ3n) is 2.22. The topological polar surface area (TPSA) is 75.4 Å². The molecular formula is C11H14Cl2N2O2. The summed E-state index contributed by atoms with van der Waals surface area (Å²) >= 11 is 11.5. The molecule has 0 fully saturated rings. The molecule has 0 radical (unpaired) electrons. The van der Waals surface area contributed by atoms with Crippen molar-refractivity contribution in [2.45, 2.75) is 25.8 Å². The highest BCUT2D eigenvalue weighted by atomic mass is 35.5. The van der Waals surface area contributed by atoms with Gasteiger partial charge in [-0.3, -0.25) is 4.79 Å². The number of anilines is 1. The number of carbonyl (C=O) groups excluding carboxylic acids is 1. The fourth-order valence-corrected chi connectivity index (χ4v) is 1.80. The van der Waals surface area contributed by atoms with Gasteiger partial charge in [-0.1, -0.05) is 36.5 Å². The summed E-state index contributed by atoms with van der Waals surface area (Å²) in [6, 6.07) is 2.27. The molecule has 1 aromatic rings. The van der Waals surface area contributed by atoms with Crippen LogP contribution in [0.25, 0.3) is 0 Å². The van der Waals surface area contributed by atoms with Crippen molar-refractivity contribution in [3.63, 3.8) is 0 Å². The molecule has 1 atom stereocenters. The van der Waals surface area contributed by atoms with Crippen molar-refractivity contribution in [3.05, 3.63) is 22.2 Å². The molecule has 4 N–H and O–H groups in total. The second-order valence-electron chi connectivity index (χ2n) is 3.67. The molecule has 0 aliphatic carbocycles. The molecule has 1 rings (SSSR count). The van der Waals surface area contributed by atoms with Crippen molar-refractivity contribution in [2.75, 3.05) is 5.32 Å². The van der Waals surface area contributed by atoms with Crippen LogP contribution in [0.4, 0.5) is 5.69 Å². The van der Waals surface area contributed by atoms with E-state index in [0.29, 0.717) is 12.1 Å². The van der Waals surface area contributed by atoms with Gasteiger partial charge in [0.15, 0.2) is 5.75 Å². The molecule has 0 heterocycles. The Bertz CT molecular complexity index is 401. The Morgan fingerprint density at radius 3 is 2.47 bits per heavy atom. The van der Waals surface area contributed by atoms with E-state index in [9.17, 15) is 9.90 Å². The average Bonchev–Trinajstić information content (AvgIpc) is 2.26. The Kier molecular flexibility index (Phi) is 5.05. The van der Waals surface area contributed by atoms with Crippen LogP contribution < -0.4 is 11.1 Å². The molecule has 0 spiro atoms. The largest absolute Gasteiger partial charge is 0.505 e. The van der Waals surface area contributed by atoms with E-state index in [0.717, 1.165) is 6.42 Å². The van der Waals surface area contributed by atoms with Crippen molar-refractivity contribution >= 4 is 34.8 Å². The number of halogens is 2. The molecule has 0 saturated heterocycles. The summed E-state index contributed by atoms with van der Waals surface area (Å²) in [5, 5.41) is 12.1. The van der Waals surface area contributed by atoms with Crippen molar-refractivity contribution in [2.24, 2.45) is 5.73 Å². The lowest BCUT2D eigenvalue weighted by atomic mass is 10.1. The van der Waals surface area contributed by atoms with E-state index in [1.54, 1.807) is 0 Å². The van der Waals surface area contributed by atoms with Gasteiger partial charge in [0.2, 0.25) is 5.91 Å². The number of aromatic hydroxyl groups is 1. The first-order chi connectivity index (χ1) is 7.95. The molecule has 17 heavy (non-hydrogen) atoms. The van der Waals surface area contributed by atoms with E-state index >= 15 is 0 Å². The Labute approximate surface area is 110 Å². The Balaban J connectivity index is 2.79. The van der Waals surface area contributed by atoms with E-state index in [-0.39, 0.29) is 21.7 Å². The number of nitrogens with one attached hydrogen (secondary N) is 1. The molecule has 0 aliphatic heterocycles. The van der Waals surface area contributed by atoms with Crippen molar-refractivity contribution in [1.29, 1.82) is 0 Å². The van der Waals surface area contributed by atoms with Gasteiger partial charge in [-0.05, 0) is 18.6 Å². The lowest BCUT2D eigenvalue weighted by molar-refractivity contribution is -0.117. The van der Waals surface area contributed by atoms with Gasteiger partial charge >= 0.3 is 0 Å². The second-order valence-corrected chi connectivity index (χ2v) is 4.49. The highest BCUT2D eigenvalue weighted by Crippen LogP contribution is 2.34. The van der Waals surface area contributed by atoms with Gasteiger partial charge in [0.25, 0.3) is 0 Å². The molecule has 1 aromatic carbocycles. The molecule has 6 heteroatoms. The van der Waals surface area contributed by atoms with Gasteiger partial charge in [0, 0.05) is 5.69 Å². The maximum atomic E-state index is 11.6. The number of carbonyl (C=O) groups is 1. The fourth-order valence-electron chi connectivity index (χ4n) is 1.31. The van der Waals surface area contributed by atoms with Crippen LogP contribution in [0, 0.1) is 0 Å². The molecule has 4 nitrogen and oxygen atoms in total. The number of hydrogen-bond acceptors (Lipinski definition) is 3. The zero-order valence-corrected chi connectivity index (χ0v) is 10.8. The maximum absolute atomic E-state index is 11.6. The van der Waals surface area contributed by atoms with Gasteiger partial charge in [-0.2, -0.15) is 0 Å². The van der Waals surface area contributed by atoms with Crippen molar-refractivity contribution in [1.82, 2.24) is 0 Å². The number of phenols is 1. The minimum atomic E-state index is -0.564. The number of nitrogens with two attached hydrogens (primary N) is 1. The van der Waals surface area contributed by atoms with Gasteiger partial charge in [-0.15, -0.1) is 0 Å². The number of amides is 1. The quantitative estimate of drug-likeness (QED) is 0.741. The van der Waals surface area contributed by atoms with Crippen LogP contribution in [0.15, 0.2) is 12.1 Å². The average molecular weight is 277 g/mol. The van der Waals surface area contributed by atoms with E-state index in [1.165, 1.54) is 12.1 Å². The molecule has 0 bridgehead atoms. The highest BCUT2D eigenvalue weighted by molar-refractivity contribution is 6.37. The summed E-state index contributed by atoms with van der Waals surface area (Å²) in [5.74, 6) is -0.506. The van der Waals surface area contributed by atoms with Crippen LogP contribution in [0.1, 0.15) is 19.8 Å². The van der Waals surface area contributed by atoms with Gasteiger partial charge < -0.3 is 16.2 Å². The second kappa shape index (κ2) is 6.10. The SMILES string of the molecule is CCCC(N)C(=O)Nc1cc(Cl)c(O)c(Cl)c1. The van der Waals surface area contributed by atoms with Crippen LogP contribution in [0.5, 0.6) is 5.75 Å². The lowest BCUT2D eigenvalue weighted by Crippen LogP contribution is -2.35. The normalized spacial score (nSPS) is 12.2. The smallest absolute Gasteiger partial charge is 0.241 e. The summed E-state index contributed by atoms with van der Waals surface area (Å²) in [6.07, 6.45) is 1.43. The molecular weight excluding hydrogens is 263 g/mol. The Hall–Kier alpha value is -0.970. The Morgan fingerprint density at radius 1 is 1.47 bits per heavy atom. The first-order valence-electron chi connectivity index (χ1n) is 5.20. The van der Waals surface area contributed by atoms with Gasteiger partial charge in [-0.25, -0.2) is 0 Å². The van der Waals surface area contributed by atoms with Crippen LogP contribution in [-0.2, 0) is 4.79 Å². The van der Waals surface area contributed by atoms with Crippen LogP contribution in [0.3, 0.4) is 0 Å². The van der Waals surface area contributed by atoms with Crippen LogP contribution in [-0.4, -0.2) is 17.1 Å². The van der Waals surface area contributed by atoms with Crippen molar-refractivity contribution < 1.29 is 9.90 Å². The third kappa shape index (κ3) is 3.77. The summed E-state index contributed by atoms with van der Waals surface area (Å²) < 4.78 is 0. The monoisotopic (exact) mass is 276 g/mol. The molecule has 94 valence electrons. The molecule has 1 amide bonds. The summed E-state index contributed by atoms with van der Waals surface area (Å²) in [4.78, 5) is 11.6. The Morgan fingerprint density at radius 2 is 2.00 bits per heavy atom. The number of phenolic OH excluding ortho intramolecular Hbond substituents is 1.